The molecule has 1 atom stereocenters. The number of carbonyl (C=O) groups excluding carboxylic acids is 1. The predicted octanol–water partition coefficient (Wildman–Crippen LogP) is 2.25. The molecular weight excluding hydrogens is 342 g/mol. The molecule has 1 saturated heterocycles. The number of aromatic carboxylic acids is 1. The van der Waals surface area contributed by atoms with Crippen LogP contribution >= 0.6 is 11.3 Å². The van der Waals surface area contributed by atoms with Crippen molar-refractivity contribution >= 4 is 23.3 Å². The van der Waals surface area contributed by atoms with Gasteiger partial charge < -0.3 is 20.1 Å². The molecule has 25 heavy (non-hydrogen) atoms. The average molecular weight is 361 g/mol. The van der Waals surface area contributed by atoms with Crippen molar-refractivity contribution in [1.82, 2.24) is 15.2 Å². The van der Waals surface area contributed by atoms with Crippen LogP contribution in [0.15, 0.2) is 35.7 Å². The van der Waals surface area contributed by atoms with Crippen LogP contribution in [0.3, 0.4) is 0 Å². The molecule has 3 rings (SSSR count). The predicted molar refractivity (Wildman–Crippen MR) is 93.2 cm³/mol. The molecule has 0 spiro atoms. The van der Waals surface area contributed by atoms with E-state index in [0.29, 0.717) is 31.1 Å². The van der Waals surface area contributed by atoms with Crippen LogP contribution < -0.4 is 10.1 Å². The van der Waals surface area contributed by atoms with Gasteiger partial charge in [0, 0.05) is 31.3 Å². The van der Waals surface area contributed by atoms with Crippen molar-refractivity contribution in [2.75, 3.05) is 19.6 Å². The van der Waals surface area contributed by atoms with E-state index in [1.165, 1.54) is 16.7 Å². The van der Waals surface area contributed by atoms with Gasteiger partial charge in [0.05, 0.1) is 11.6 Å². The number of nitrogens with one attached hydrogen (secondary N) is 1. The minimum Gasteiger partial charge on any atom is -0.489 e. The molecule has 2 N–H and O–H groups in total. The molecule has 2 heterocycles. The molecule has 1 aromatic heterocycles. The first-order valence-corrected chi connectivity index (χ1v) is 8.92. The van der Waals surface area contributed by atoms with Gasteiger partial charge in [-0.25, -0.2) is 14.6 Å². The summed E-state index contributed by atoms with van der Waals surface area (Å²) >= 11 is 1.29. The maximum atomic E-state index is 12.2. The molecule has 8 heteroatoms. The van der Waals surface area contributed by atoms with Gasteiger partial charge >= 0.3 is 12.0 Å². The minimum atomic E-state index is -1.03. The summed E-state index contributed by atoms with van der Waals surface area (Å²) in [5.41, 5.74) is 0.0479. The van der Waals surface area contributed by atoms with Crippen molar-refractivity contribution in [2.45, 2.75) is 18.9 Å². The van der Waals surface area contributed by atoms with E-state index < -0.39 is 5.97 Å². The summed E-state index contributed by atoms with van der Waals surface area (Å²) in [6, 6.07) is 9.45. The minimum absolute atomic E-state index is 0.00485. The summed E-state index contributed by atoms with van der Waals surface area (Å²) in [7, 11) is 0. The van der Waals surface area contributed by atoms with Crippen molar-refractivity contribution in [3.63, 3.8) is 0 Å². The van der Waals surface area contributed by atoms with Crippen molar-refractivity contribution in [1.29, 1.82) is 0 Å². The molecule has 1 fully saturated rings. The Morgan fingerprint density at radius 3 is 2.88 bits per heavy atom. The summed E-state index contributed by atoms with van der Waals surface area (Å²) in [6.45, 7) is 1.64. The number of carboxylic acids is 1. The van der Waals surface area contributed by atoms with Gasteiger partial charge in [-0.2, -0.15) is 0 Å². The number of carboxylic acid groups (broad SMARTS) is 1. The Kier molecular flexibility index (Phi) is 5.49. The Balaban J connectivity index is 1.40. The van der Waals surface area contributed by atoms with E-state index in [1.54, 1.807) is 4.90 Å². The Bertz CT molecular complexity index is 735. The molecule has 0 radical (unpaired) electrons. The van der Waals surface area contributed by atoms with Gasteiger partial charge in [0.15, 0.2) is 5.69 Å². The zero-order valence-electron chi connectivity index (χ0n) is 13.6. The maximum absolute atomic E-state index is 12.2. The first-order chi connectivity index (χ1) is 12.1. The van der Waals surface area contributed by atoms with Crippen LogP contribution in [-0.4, -0.2) is 52.7 Å². The number of amides is 2. The first-order valence-electron chi connectivity index (χ1n) is 8.04. The lowest BCUT2D eigenvalue weighted by molar-refractivity contribution is 0.0691. The number of hydrogen-bond acceptors (Lipinski definition) is 5. The second-order valence-corrected chi connectivity index (χ2v) is 6.64. The Hall–Kier alpha value is -2.61. The number of likely N-dealkylation sites (tertiary alicyclic amines) is 1. The number of benzene rings is 1. The summed E-state index contributed by atoms with van der Waals surface area (Å²) in [4.78, 5) is 28.7. The smallest absolute Gasteiger partial charge is 0.355 e. The highest BCUT2D eigenvalue weighted by atomic mass is 32.1. The molecule has 2 aromatic rings. The summed E-state index contributed by atoms with van der Waals surface area (Å²) in [5, 5.41) is 13.9. The van der Waals surface area contributed by atoms with E-state index in [2.05, 4.69) is 10.3 Å². The Morgan fingerprint density at radius 1 is 1.36 bits per heavy atom. The van der Waals surface area contributed by atoms with Gasteiger partial charge in [-0.05, 0) is 12.1 Å². The number of nitrogens with zero attached hydrogens (tertiary/aromatic N) is 2. The second-order valence-electron chi connectivity index (χ2n) is 5.70. The zero-order valence-corrected chi connectivity index (χ0v) is 14.4. The van der Waals surface area contributed by atoms with E-state index in [0.717, 1.165) is 12.2 Å². The molecule has 0 aliphatic carbocycles. The maximum Gasteiger partial charge on any atom is 0.355 e. The van der Waals surface area contributed by atoms with Gasteiger partial charge in [0.1, 0.15) is 11.9 Å². The normalized spacial score (nSPS) is 16.6. The van der Waals surface area contributed by atoms with Crippen molar-refractivity contribution in [3.8, 4) is 5.75 Å². The lowest BCUT2D eigenvalue weighted by Crippen LogP contribution is -2.40. The molecule has 1 aliphatic rings. The molecule has 1 aromatic carbocycles. The number of ether oxygens (including phenoxy) is 1. The fourth-order valence-corrected chi connectivity index (χ4v) is 3.38. The number of para-hydroxylation sites is 1. The zero-order chi connectivity index (χ0) is 17.6. The molecule has 0 bridgehead atoms. The highest BCUT2D eigenvalue weighted by molar-refractivity contribution is 7.09. The van der Waals surface area contributed by atoms with Gasteiger partial charge in [-0.15, -0.1) is 11.3 Å². The van der Waals surface area contributed by atoms with Crippen LogP contribution in [0, 0.1) is 0 Å². The largest absolute Gasteiger partial charge is 0.489 e. The van der Waals surface area contributed by atoms with E-state index in [9.17, 15) is 9.59 Å². The molecule has 0 unspecified atom stereocenters. The van der Waals surface area contributed by atoms with Crippen molar-refractivity contribution in [2.24, 2.45) is 0 Å². The third-order valence-corrected chi connectivity index (χ3v) is 4.77. The topological polar surface area (TPSA) is 91.8 Å². The number of aromatic nitrogens is 1. The van der Waals surface area contributed by atoms with Gasteiger partial charge in [0.2, 0.25) is 0 Å². The number of carbonyl (C=O) groups is 2. The second kappa shape index (κ2) is 7.98. The summed E-state index contributed by atoms with van der Waals surface area (Å²) in [6.07, 6.45) is 1.32. The van der Waals surface area contributed by atoms with E-state index in [4.69, 9.17) is 9.84 Å². The quantitative estimate of drug-likeness (QED) is 0.823. The van der Waals surface area contributed by atoms with Crippen LogP contribution in [0.2, 0.25) is 0 Å². The molecule has 0 saturated carbocycles. The SMILES string of the molecule is O=C(O)c1csc(CCNC(=O)N2CC[C@@H](Oc3ccccc3)C2)n1. The third kappa shape index (κ3) is 4.69. The Morgan fingerprint density at radius 2 is 2.16 bits per heavy atom. The van der Waals surface area contributed by atoms with E-state index in [-0.39, 0.29) is 17.8 Å². The molecule has 2 amide bonds. The van der Waals surface area contributed by atoms with Gasteiger partial charge in [-0.3, -0.25) is 0 Å². The molecular formula is C17H19N3O4S. The molecule has 132 valence electrons. The average Bonchev–Trinajstić information content (AvgIpc) is 3.25. The molecule has 7 nitrogen and oxygen atoms in total. The summed E-state index contributed by atoms with van der Waals surface area (Å²) < 4.78 is 5.87. The third-order valence-electron chi connectivity index (χ3n) is 3.86. The number of thiazole rings is 1. The van der Waals surface area contributed by atoms with Gasteiger partial charge in [0.25, 0.3) is 0 Å². The summed E-state index contributed by atoms with van der Waals surface area (Å²) in [5.74, 6) is -0.221. The lowest BCUT2D eigenvalue weighted by atomic mass is 10.3. The van der Waals surface area contributed by atoms with E-state index >= 15 is 0 Å². The van der Waals surface area contributed by atoms with Crippen molar-refractivity contribution < 1.29 is 19.4 Å². The number of urea groups is 1. The monoisotopic (exact) mass is 361 g/mol. The van der Waals surface area contributed by atoms with Crippen LogP contribution in [-0.2, 0) is 6.42 Å². The van der Waals surface area contributed by atoms with Gasteiger partial charge in [-0.1, -0.05) is 18.2 Å². The first kappa shape index (κ1) is 17.2. The fourth-order valence-electron chi connectivity index (χ4n) is 2.61. The molecule has 1 aliphatic heterocycles. The standard InChI is InChI=1S/C17H19N3O4S/c21-16(22)14-11-25-15(19-14)6-8-18-17(23)20-9-7-13(10-20)24-12-4-2-1-3-5-12/h1-5,11,13H,6-10H2,(H,18,23)(H,21,22)/t13-/m1/s1. The lowest BCUT2D eigenvalue weighted by Gasteiger charge is -2.17. The van der Waals surface area contributed by atoms with Crippen LogP contribution in [0.1, 0.15) is 21.9 Å². The number of hydrogen-bond donors (Lipinski definition) is 2. The van der Waals surface area contributed by atoms with Crippen LogP contribution in [0.4, 0.5) is 4.79 Å². The highest BCUT2D eigenvalue weighted by Crippen LogP contribution is 2.18. The highest BCUT2D eigenvalue weighted by Gasteiger charge is 2.27. The fraction of sp³-hybridized carbons (Fsp3) is 0.353. The van der Waals surface area contributed by atoms with Crippen LogP contribution in [0.25, 0.3) is 0 Å². The number of rotatable bonds is 6. The van der Waals surface area contributed by atoms with Crippen molar-refractivity contribution in [3.05, 3.63) is 46.4 Å². The van der Waals surface area contributed by atoms with Crippen LogP contribution in [0.5, 0.6) is 5.75 Å². The Labute approximate surface area is 149 Å². The van der Waals surface area contributed by atoms with E-state index in [1.807, 2.05) is 30.3 Å².